The van der Waals surface area contributed by atoms with Crippen molar-refractivity contribution in [2.24, 2.45) is 5.92 Å². The Morgan fingerprint density at radius 3 is 2.58 bits per heavy atom. The molecule has 1 saturated heterocycles. The van der Waals surface area contributed by atoms with E-state index in [0.29, 0.717) is 61.9 Å². The second-order valence-corrected chi connectivity index (χ2v) is 8.29. The second kappa shape index (κ2) is 10.4. The molecule has 172 valence electrons. The molecular formula is C25H27FN4O3. The highest BCUT2D eigenvalue weighted by Gasteiger charge is 2.27. The van der Waals surface area contributed by atoms with Crippen molar-refractivity contribution >= 4 is 22.7 Å². The molecule has 2 heterocycles. The number of carbonyl (C=O) groups excluding carboxylic acids is 2. The molecule has 7 nitrogen and oxygen atoms in total. The molecule has 33 heavy (non-hydrogen) atoms. The lowest BCUT2D eigenvalue weighted by Gasteiger charge is -2.31. The van der Waals surface area contributed by atoms with E-state index < -0.39 is 0 Å². The molecule has 0 spiro atoms. The molecule has 0 aliphatic carbocycles. The molecule has 1 aliphatic heterocycles. The molecule has 0 saturated carbocycles. The van der Waals surface area contributed by atoms with Gasteiger partial charge >= 0.3 is 0 Å². The van der Waals surface area contributed by atoms with Gasteiger partial charge in [0, 0.05) is 37.4 Å². The number of nitrogens with zero attached hydrogens (tertiary/aromatic N) is 3. The van der Waals surface area contributed by atoms with Crippen LogP contribution in [0.15, 0.2) is 59.5 Å². The van der Waals surface area contributed by atoms with Gasteiger partial charge < -0.3 is 10.2 Å². The first-order chi connectivity index (χ1) is 16.0. The maximum atomic E-state index is 13.7. The highest BCUT2D eigenvalue weighted by Crippen LogP contribution is 2.18. The summed E-state index contributed by atoms with van der Waals surface area (Å²) in [5, 5.41) is 7.65. The van der Waals surface area contributed by atoms with E-state index in [-0.39, 0.29) is 35.4 Å². The lowest BCUT2D eigenvalue weighted by atomic mass is 9.95. The molecule has 2 amide bonds. The Bertz CT molecular complexity index is 1200. The van der Waals surface area contributed by atoms with Gasteiger partial charge in [-0.2, -0.15) is 5.10 Å². The summed E-state index contributed by atoms with van der Waals surface area (Å²) in [6, 6.07) is 13.8. The van der Waals surface area contributed by atoms with Crippen LogP contribution in [0, 0.1) is 11.7 Å². The topological polar surface area (TPSA) is 84.3 Å². The Labute approximate surface area is 191 Å². The molecule has 4 rings (SSSR count). The maximum absolute atomic E-state index is 13.7. The Morgan fingerprint density at radius 2 is 1.79 bits per heavy atom. The molecule has 0 unspecified atom stereocenters. The summed E-state index contributed by atoms with van der Waals surface area (Å²) in [5.74, 6) is -0.427. The van der Waals surface area contributed by atoms with Crippen LogP contribution in [-0.4, -0.2) is 46.1 Å². The number of piperidine rings is 1. The van der Waals surface area contributed by atoms with Gasteiger partial charge in [0.2, 0.25) is 17.2 Å². The van der Waals surface area contributed by atoms with Crippen LogP contribution in [0.2, 0.25) is 0 Å². The van der Waals surface area contributed by atoms with Crippen molar-refractivity contribution in [3.05, 3.63) is 76.3 Å². The van der Waals surface area contributed by atoms with Crippen molar-refractivity contribution < 1.29 is 14.0 Å². The number of likely N-dealkylation sites (tertiary alicyclic amines) is 1. The van der Waals surface area contributed by atoms with Crippen molar-refractivity contribution in [1.29, 1.82) is 0 Å². The molecule has 1 aromatic heterocycles. The highest BCUT2D eigenvalue weighted by atomic mass is 19.1. The first-order valence-electron chi connectivity index (χ1n) is 11.3. The quantitative estimate of drug-likeness (QED) is 0.600. The second-order valence-electron chi connectivity index (χ2n) is 8.29. The zero-order chi connectivity index (χ0) is 23.2. The standard InChI is InChI=1S/C25H27FN4O3/c26-21-7-3-1-5-18(21)9-13-27-25(33)19-10-14-29(15-11-19)24(32)12-16-30-22-8-4-2-6-20(22)23(31)17-28-30/h1-8,17,19H,9-16H2,(H,27,33). The summed E-state index contributed by atoms with van der Waals surface area (Å²) in [4.78, 5) is 38.9. The molecule has 8 heteroatoms. The fourth-order valence-corrected chi connectivity index (χ4v) is 4.26. The van der Waals surface area contributed by atoms with Gasteiger partial charge in [-0.1, -0.05) is 30.3 Å². The average Bonchev–Trinajstić information content (AvgIpc) is 2.85. The van der Waals surface area contributed by atoms with Crippen LogP contribution in [0.25, 0.3) is 10.9 Å². The predicted molar refractivity (Wildman–Crippen MR) is 123 cm³/mol. The van der Waals surface area contributed by atoms with Crippen molar-refractivity contribution in [2.45, 2.75) is 32.2 Å². The number of benzene rings is 2. The summed E-state index contributed by atoms with van der Waals surface area (Å²) < 4.78 is 15.4. The van der Waals surface area contributed by atoms with E-state index in [0.717, 1.165) is 0 Å². The van der Waals surface area contributed by atoms with E-state index in [9.17, 15) is 18.8 Å². The molecule has 0 bridgehead atoms. The van der Waals surface area contributed by atoms with Crippen LogP contribution < -0.4 is 10.7 Å². The fraction of sp³-hybridized carbons (Fsp3) is 0.360. The van der Waals surface area contributed by atoms with Crippen LogP contribution >= 0.6 is 0 Å². The zero-order valence-corrected chi connectivity index (χ0v) is 18.4. The number of rotatable bonds is 7. The van der Waals surface area contributed by atoms with Crippen molar-refractivity contribution in [3.8, 4) is 0 Å². The third kappa shape index (κ3) is 5.45. The van der Waals surface area contributed by atoms with Crippen molar-refractivity contribution in [3.63, 3.8) is 0 Å². The smallest absolute Gasteiger partial charge is 0.224 e. The van der Waals surface area contributed by atoms with Gasteiger partial charge in [-0.25, -0.2) is 4.39 Å². The van der Waals surface area contributed by atoms with Gasteiger partial charge in [-0.15, -0.1) is 0 Å². The Morgan fingerprint density at radius 1 is 1.06 bits per heavy atom. The van der Waals surface area contributed by atoms with Gasteiger partial charge in [0.1, 0.15) is 5.82 Å². The average molecular weight is 451 g/mol. The SMILES string of the molecule is O=C(NCCc1ccccc1F)C1CCN(C(=O)CCn2ncc(=O)c3ccccc32)CC1. The molecule has 0 atom stereocenters. The molecular weight excluding hydrogens is 423 g/mol. The van der Waals surface area contributed by atoms with Crippen LogP contribution in [0.3, 0.4) is 0 Å². The highest BCUT2D eigenvalue weighted by molar-refractivity contribution is 5.80. The number of nitrogens with one attached hydrogen (secondary N) is 1. The fourth-order valence-electron chi connectivity index (χ4n) is 4.26. The van der Waals surface area contributed by atoms with Crippen molar-refractivity contribution in [1.82, 2.24) is 20.0 Å². The predicted octanol–water partition coefficient (Wildman–Crippen LogP) is 2.52. The number of halogens is 1. The maximum Gasteiger partial charge on any atom is 0.224 e. The first-order valence-corrected chi connectivity index (χ1v) is 11.3. The number of fused-ring (bicyclic) bond motifs is 1. The molecule has 1 aliphatic rings. The largest absolute Gasteiger partial charge is 0.356 e. The van der Waals surface area contributed by atoms with Crippen LogP contribution in [-0.2, 0) is 22.6 Å². The van der Waals surface area contributed by atoms with Crippen LogP contribution in [0.1, 0.15) is 24.8 Å². The molecule has 2 aromatic carbocycles. The van der Waals surface area contributed by atoms with E-state index >= 15 is 0 Å². The number of aryl methyl sites for hydroxylation is 1. The van der Waals surface area contributed by atoms with Crippen molar-refractivity contribution in [2.75, 3.05) is 19.6 Å². The lowest BCUT2D eigenvalue weighted by Crippen LogP contribution is -2.43. The Hall–Kier alpha value is -3.55. The van der Waals surface area contributed by atoms with Gasteiger partial charge in [0.25, 0.3) is 0 Å². The summed E-state index contributed by atoms with van der Waals surface area (Å²) in [6.45, 7) is 1.83. The minimum absolute atomic E-state index is 0.0120. The Balaban J connectivity index is 1.23. The minimum Gasteiger partial charge on any atom is -0.356 e. The van der Waals surface area contributed by atoms with Gasteiger partial charge in [0.15, 0.2) is 0 Å². The summed E-state index contributed by atoms with van der Waals surface area (Å²) >= 11 is 0. The number of hydrogen-bond donors (Lipinski definition) is 1. The van der Waals surface area contributed by atoms with E-state index in [1.54, 1.807) is 39.9 Å². The number of hydrogen-bond acceptors (Lipinski definition) is 4. The molecule has 0 radical (unpaired) electrons. The normalized spacial score (nSPS) is 14.4. The number of para-hydroxylation sites is 1. The number of aromatic nitrogens is 2. The van der Waals surface area contributed by atoms with Crippen LogP contribution in [0.5, 0.6) is 0 Å². The van der Waals surface area contributed by atoms with E-state index in [4.69, 9.17) is 0 Å². The third-order valence-electron chi connectivity index (χ3n) is 6.17. The molecule has 1 N–H and O–H groups in total. The minimum atomic E-state index is -0.260. The van der Waals surface area contributed by atoms with Gasteiger partial charge in [-0.05, 0) is 43.0 Å². The molecule has 1 fully saturated rings. The third-order valence-corrected chi connectivity index (χ3v) is 6.17. The lowest BCUT2D eigenvalue weighted by molar-refractivity contribution is -0.135. The monoisotopic (exact) mass is 450 g/mol. The van der Waals surface area contributed by atoms with E-state index in [2.05, 4.69) is 10.4 Å². The Kier molecular flexibility index (Phi) is 7.12. The van der Waals surface area contributed by atoms with E-state index in [1.165, 1.54) is 12.3 Å². The van der Waals surface area contributed by atoms with Gasteiger partial charge in [0.05, 0.1) is 18.3 Å². The summed E-state index contributed by atoms with van der Waals surface area (Å²) in [5.41, 5.74) is 1.16. The summed E-state index contributed by atoms with van der Waals surface area (Å²) in [6.07, 6.45) is 3.22. The molecule has 3 aromatic rings. The first kappa shape index (κ1) is 22.6. The van der Waals surface area contributed by atoms with Crippen LogP contribution in [0.4, 0.5) is 4.39 Å². The zero-order valence-electron chi connectivity index (χ0n) is 18.4. The van der Waals surface area contributed by atoms with Gasteiger partial charge in [-0.3, -0.25) is 19.1 Å². The summed E-state index contributed by atoms with van der Waals surface area (Å²) in [7, 11) is 0. The number of amides is 2. The number of carbonyl (C=O) groups is 2. The van der Waals surface area contributed by atoms with E-state index in [1.807, 2.05) is 12.1 Å².